The predicted molar refractivity (Wildman–Crippen MR) is 54.9 cm³/mol. The van der Waals surface area contributed by atoms with Crippen molar-refractivity contribution in [3.63, 3.8) is 0 Å². The molecule has 14 heavy (non-hydrogen) atoms. The molecule has 1 N–H and O–H groups in total. The van der Waals surface area contributed by atoms with Crippen molar-refractivity contribution < 1.29 is 14.6 Å². The van der Waals surface area contributed by atoms with E-state index in [0.29, 0.717) is 5.92 Å². The second-order valence-electron chi connectivity index (χ2n) is 4.45. The maximum atomic E-state index is 9.10. The topological polar surface area (TPSA) is 38.7 Å². The molecule has 1 heterocycles. The smallest absolute Gasteiger partial charge is 0.164 e. The van der Waals surface area contributed by atoms with Gasteiger partial charge in [-0.1, -0.05) is 26.0 Å². The second kappa shape index (κ2) is 4.43. The highest BCUT2D eigenvalue weighted by Gasteiger charge is 2.39. The maximum Gasteiger partial charge on any atom is 0.164 e. The lowest BCUT2D eigenvalue weighted by atomic mass is 10.1. The summed E-state index contributed by atoms with van der Waals surface area (Å²) >= 11 is 0. The van der Waals surface area contributed by atoms with Crippen molar-refractivity contribution in [3.8, 4) is 0 Å². The molecular formula is C11H20O3. The first-order valence-electron chi connectivity index (χ1n) is 5.09. The average Bonchev–Trinajstić information content (AvgIpc) is 2.37. The molecule has 0 aromatic rings. The molecule has 1 rings (SSSR count). The van der Waals surface area contributed by atoms with Gasteiger partial charge in [0, 0.05) is 0 Å². The van der Waals surface area contributed by atoms with E-state index in [9.17, 15) is 0 Å². The third kappa shape index (κ3) is 3.08. The molecule has 0 aromatic carbocycles. The van der Waals surface area contributed by atoms with Crippen LogP contribution < -0.4 is 0 Å². The maximum absolute atomic E-state index is 9.10. The minimum Gasteiger partial charge on any atom is -0.394 e. The Kier molecular flexibility index (Phi) is 3.70. The van der Waals surface area contributed by atoms with Crippen LogP contribution in [0.5, 0.6) is 0 Å². The van der Waals surface area contributed by atoms with Crippen LogP contribution >= 0.6 is 0 Å². The van der Waals surface area contributed by atoms with Crippen molar-refractivity contribution in [2.24, 2.45) is 5.92 Å². The molecule has 0 aliphatic carbocycles. The fourth-order valence-corrected chi connectivity index (χ4v) is 1.50. The summed E-state index contributed by atoms with van der Waals surface area (Å²) < 4.78 is 11.2. The van der Waals surface area contributed by atoms with Crippen LogP contribution in [0.2, 0.25) is 0 Å². The van der Waals surface area contributed by atoms with Gasteiger partial charge in [0.05, 0.1) is 6.61 Å². The van der Waals surface area contributed by atoms with E-state index in [1.807, 2.05) is 19.9 Å². The molecule has 3 nitrogen and oxygen atoms in total. The van der Waals surface area contributed by atoms with Crippen molar-refractivity contribution in [2.75, 3.05) is 6.61 Å². The van der Waals surface area contributed by atoms with Gasteiger partial charge in [-0.3, -0.25) is 0 Å². The van der Waals surface area contributed by atoms with Crippen molar-refractivity contribution in [1.29, 1.82) is 0 Å². The minimum absolute atomic E-state index is 0.00344. The summed E-state index contributed by atoms with van der Waals surface area (Å²) in [6.45, 7) is 7.92. The van der Waals surface area contributed by atoms with E-state index in [1.165, 1.54) is 0 Å². The van der Waals surface area contributed by atoms with Gasteiger partial charge in [0.1, 0.15) is 12.2 Å². The first-order chi connectivity index (χ1) is 6.44. The molecular weight excluding hydrogens is 180 g/mol. The Morgan fingerprint density at radius 3 is 2.50 bits per heavy atom. The summed E-state index contributed by atoms with van der Waals surface area (Å²) in [4.78, 5) is 0. The van der Waals surface area contributed by atoms with E-state index >= 15 is 0 Å². The Labute approximate surface area is 85.7 Å². The Balaban J connectivity index is 2.60. The number of aliphatic hydroxyl groups is 1. The number of allylic oxidation sites excluding steroid dienone is 1. The number of ether oxygens (including phenoxy) is 2. The van der Waals surface area contributed by atoms with E-state index in [4.69, 9.17) is 14.6 Å². The van der Waals surface area contributed by atoms with Crippen LogP contribution in [-0.4, -0.2) is 29.7 Å². The molecule has 0 saturated carbocycles. The highest BCUT2D eigenvalue weighted by atomic mass is 16.8. The quantitative estimate of drug-likeness (QED) is 0.705. The zero-order valence-corrected chi connectivity index (χ0v) is 9.36. The fraction of sp³-hybridized carbons (Fsp3) is 0.818. The monoisotopic (exact) mass is 200 g/mol. The van der Waals surface area contributed by atoms with Crippen LogP contribution in [0.15, 0.2) is 12.2 Å². The first kappa shape index (κ1) is 11.7. The van der Waals surface area contributed by atoms with Crippen LogP contribution in [0.3, 0.4) is 0 Å². The molecule has 0 radical (unpaired) electrons. The molecule has 0 amide bonds. The average molecular weight is 200 g/mol. The molecule has 0 unspecified atom stereocenters. The van der Waals surface area contributed by atoms with Crippen molar-refractivity contribution in [3.05, 3.63) is 12.2 Å². The second-order valence-corrected chi connectivity index (χ2v) is 4.45. The molecule has 1 aliphatic heterocycles. The Morgan fingerprint density at radius 2 is 2.00 bits per heavy atom. The van der Waals surface area contributed by atoms with Gasteiger partial charge in [0.2, 0.25) is 0 Å². The van der Waals surface area contributed by atoms with Crippen LogP contribution in [-0.2, 0) is 9.47 Å². The third-order valence-electron chi connectivity index (χ3n) is 2.09. The van der Waals surface area contributed by atoms with Gasteiger partial charge >= 0.3 is 0 Å². The zero-order chi connectivity index (χ0) is 10.8. The van der Waals surface area contributed by atoms with Crippen LogP contribution in [0.25, 0.3) is 0 Å². The summed E-state index contributed by atoms with van der Waals surface area (Å²) in [6, 6.07) is 0. The van der Waals surface area contributed by atoms with Crippen LogP contribution in [0.1, 0.15) is 27.7 Å². The number of rotatable bonds is 3. The number of aliphatic hydroxyl groups excluding tert-OH is 1. The number of hydrogen-bond acceptors (Lipinski definition) is 3. The molecule has 0 aromatic heterocycles. The first-order valence-corrected chi connectivity index (χ1v) is 5.09. The minimum atomic E-state index is -0.584. The van der Waals surface area contributed by atoms with Gasteiger partial charge < -0.3 is 14.6 Å². The van der Waals surface area contributed by atoms with Gasteiger partial charge in [-0.2, -0.15) is 0 Å². The lowest BCUT2D eigenvalue weighted by Crippen LogP contribution is -2.24. The van der Waals surface area contributed by atoms with E-state index in [0.717, 1.165) is 0 Å². The standard InChI is InChI=1S/C11H20O3/c1-8(2)5-6-9-10(7-12)14-11(3,4)13-9/h5-6,8-10,12H,7H2,1-4H3/b6-5+/t9-,10+/m1/s1. The molecule has 2 atom stereocenters. The largest absolute Gasteiger partial charge is 0.394 e. The molecule has 0 spiro atoms. The van der Waals surface area contributed by atoms with Crippen molar-refractivity contribution in [2.45, 2.75) is 45.7 Å². The summed E-state index contributed by atoms with van der Waals surface area (Å²) in [5.74, 6) is -0.0963. The summed E-state index contributed by atoms with van der Waals surface area (Å²) in [6.07, 6.45) is 3.68. The molecule has 1 fully saturated rings. The third-order valence-corrected chi connectivity index (χ3v) is 2.09. The molecule has 1 saturated heterocycles. The normalized spacial score (nSPS) is 31.9. The summed E-state index contributed by atoms with van der Waals surface area (Å²) in [5, 5.41) is 9.10. The van der Waals surface area contributed by atoms with E-state index < -0.39 is 5.79 Å². The highest BCUT2D eigenvalue weighted by molar-refractivity contribution is 4.98. The van der Waals surface area contributed by atoms with Crippen LogP contribution in [0, 0.1) is 5.92 Å². The zero-order valence-electron chi connectivity index (χ0n) is 9.36. The van der Waals surface area contributed by atoms with E-state index in [1.54, 1.807) is 0 Å². The van der Waals surface area contributed by atoms with Gasteiger partial charge in [-0.05, 0) is 19.8 Å². The van der Waals surface area contributed by atoms with E-state index in [2.05, 4.69) is 19.9 Å². The predicted octanol–water partition coefficient (Wildman–Crippen LogP) is 1.71. The van der Waals surface area contributed by atoms with Crippen molar-refractivity contribution in [1.82, 2.24) is 0 Å². The summed E-state index contributed by atoms with van der Waals surface area (Å²) in [5.41, 5.74) is 0. The molecule has 82 valence electrons. The Hall–Kier alpha value is -0.380. The Morgan fingerprint density at radius 1 is 1.36 bits per heavy atom. The van der Waals surface area contributed by atoms with Gasteiger partial charge in [0.15, 0.2) is 5.79 Å². The van der Waals surface area contributed by atoms with E-state index in [-0.39, 0.29) is 18.8 Å². The fourth-order valence-electron chi connectivity index (χ4n) is 1.50. The summed E-state index contributed by atoms with van der Waals surface area (Å²) in [7, 11) is 0. The molecule has 0 bridgehead atoms. The lowest BCUT2D eigenvalue weighted by Gasteiger charge is -2.15. The SMILES string of the molecule is CC(C)/C=C/[C@H]1OC(C)(C)O[C@H]1CO. The van der Waals surface area contributed by atoms with Gasteiger partial charge in [-0.15, -0.1) is 0 Å². The van der Waals surface area contributed by atoms with Crippen molar-refractivity contribution >= 4 is 0 Å². The highest BCUT2D eigenvalue weighted by Crippen LogP contribution is 2.28. The van der Waals surface area contributed by atoms with Gasteiger partial charge in [-0.25, -0.2) is 0 Å². The van der Waals surface area contributed by atoms with Gasteiger partial charge in [0.25, 0.3) is 0 Å². The molecule has 1 aliphatic rings. The Bertz CT molecular complexity index is 209. The lowest BCUT2D eigenvalue weighted by molar-refractivity contribution is -0.146. The van der Waals surface area contributed by atoms with Crippen LogP contribution in [0.4, 0.5) is 0 Å². The number of hydrogen-bond donors (Lipinski definition) is 1. The molecule has 3 heteroatoms.